The highest BCUT2D eigenvalue weighted by Gasteiger charge is 2.08. The summed E-state index contributed by atoms with van der Waals surface area (Å²) in [5, 5.41) is 7.13. The summed E-state index contributed by atoms with van der Waals surface area (Å²) >= 11 is 3.15. The van der Waals surface area contributed by atoms with Crippen molar-refractivity contribution in [3.63, 3.8) is 0 Å². The monoisotopic (exact) mass is 328 g/mol. The summed E-state index contributed by atoms with van der Waals surface area (Å²) in [5.41, 5.74) is 1.58. The van der Waals surface area contributed by atoms with Gasteiger partial charge in [-0.25, -0.2) is 4.39 Å². The average molecular weight is 329 g/mol. The van der Waals surface area contributed by atoms with Crippen LogP contribution in [0.1, 0.15) is 5.69 Å². The number of aromatic nitrogens is 1. The van der Waals surface area contributed by atoms with Gasteiger partial charge in [-0.1, -0.05) is 5.16 Å². The number of nitrogens with one attached hydrogen (secondary N) is 1. The zero-order valence-corrected chi connectivity index (χ0v) is 12.0. The molecule has 1 heterocycles. The predicted molar refractivity (Wildman–Crippen MR) is 73.2 cm³/mol. The van der Waals surface area contributed by atoms with Crippen LogP contribution in [0.4, 0.5) is 4.39 Å². The van der Waals surface area contributed by atoms with Crippen molar-refractivity contribution in [2.24, 2.45) is 0 Å². The van der Waals surface area contributed by atoms with E-state index in [0.717, 1.165) is 17.8 Å². The van der Waals surface area contributed by atoms with Crippen molar-refractivity contribution < 1.29 is 13.7 Å². The third-order valence-electron chi connectivity index (χ3n) is 2.55. The second kappa shape index (κ2) is 6.79. The number of hydrogen-bond donors (Lipinski definition) is 1. The molecule has 1 aromatic heterocycles. The van der Waals surface area contributed by atoms with Crippen LogP contribution in [0.15, 0.2) is 33.3 Å². The van der Waals surface area contributed by atoms with Crippen LogP contribution in [0.2, 0.25) is 0 Å². The van der Waals surface area contributed by atoms with Crippen molar-refractivity contribution in [3.05, 3.63) is 40.2 Å². The summed E-state index contributed by atoms with van der Waals surface area (Å²) in [5.74, 6) is 0.314. The minimum absolute atomic E-state index is 0.301. The van der Waals surface area contributed by atoms with Gasteiger partial charge in [0.1, 0.15) is 5.82 Å². The summed E-state index contributed by atoms with van der Waals surface area (Å²) in [6, 6.07) is 6.54. The van der Waals surface area contributed by atoms with E-state index in [2.05, 4.69) is 26.4 Å². The quantitative estimate of drug-likeness (QED) is 0.828. The smallest absolute Gasteiger partial charge is 0.167 e. The van der Waals surface area contributed by atoms with Crippen molar-refractivity contribution in [3.8, 4) is 11.3 Å². The standard InChI is InChI=1S/C13H14BrFN2O2/c1-18-5-4-16-8-10-7-13(19-17-10)9-2-3-12(15)11(14)6-9/h2-3,6-7,16H,4-5,8H2,1H3. The number of ether oxygens (including phenoxy) is 1. The number of halogens is 2. The van der Waals surface area contributed by atoms with Crippen molar-refractivity contribution in [1.29, 1.82) is 0 Å². The summed E-state index contributed by atoms with van der Waals surface area (Å²) in [7, 11) is 1.66. The molecule has 0 aliphatic rings. The molecule has 0 unspecified atom stereocenters. The van der Waals surface area contributed by atoms with E-state index in [1.165, 1.54) is 6.07 Å². The summed E-state index contributed by atoms with van der Waals surface area (Å²) < 4.78 is 23.7. The van der Waals surface area contributed by atoms with Gasteiger partial charge in [-0.15, -0.1) is 0 Å². The molecule has 1 N–H and O–H groups in total. The van der Waals surface area contributed by atoms with Crippen LogP contribution in [-0.2, 0) is 11.3 Å². The third kappa shape index (κ3) is 3.86. The fourth-order valence-corrected chi connectivity index (χ4v) is 1.95. The maximum atomic E-state index is 13.1. The molecule has 2 aromatic rings. The molecule has 0 bridgehead atoms. The highest BCUT2D eigenvalue weighted by Crippen LogP contribution is 2.25. The summed E-state index contributed by atoms with van der Waals surface area (Å²) in [4.78, 5) is 0. The van der Waals surface area contributed by atoms with E-state index < -0.39 is 0 Å². The van der Waals surface area contributed by atoms with E-state index in [9.17, 15) is 4.39 Å². The minimum Gasteiger partial charge on any atom is -0.383 e. The molecule has 0 amide bonds. The Hall–Kier alpha value is -1.24. The van der Waals surface area contributed by atoms with E-state index in [1.54, 1.807) is 19.2 Å². The number of methoxy groups -OCH3 is 1. The van der Waals surface area contributed by atoms with Crippen molar-refractivity contribution in [2.75, 3.05) is 20.3 Å². The van der Waals surface area contributed by atoms with Crippen molar-refractivity contribution in [2.45, 2.75) is 6.54 Å². The first-order valence-corrected chi connectivity index (χ1v) is 6.60. The fraction of sp³-hybridized carbons (Fsp3) is 0.308. The Morgan fingerprint density at radius 2 is 2.26 bits per heavy atom. The first-order chi connectivity index (χ1) is 9.20. The largest absolute Gasteiger partial charge is 0.383 e. The Morgan fingerprint density at radius 3 is 3.00 bits per heavy atom. The molecule has 0 saturated heterocycles. The molecule has 19 heavy (non-hydrogen) atoms. The Morgan fingerprint density at radius 1 is 1.42 bits per heavy atom. The zero-order valence-electron chi connectivity index (χ0n) is 10.5. The van der Waals surface area contributed by atoms with Crippen LogP contribution >= 0.6 is 15.9 Å². The Labute approximate surface area is 119 Å². The molecule has 0 aliphatic heterocycles. The van der Waals surface area contributed by atoms with E-state index in [-0.39, 0.29) is 5.82 Å². The van der Waals surface area contributed by atoms with Gasteiger partial charge in [0.05, 0.1) is 16.8 Å². The number of hydrogen-bond acceptors (Lipinski definition) is 4. The van der Waals surface area contributed by atoms with Gasteiger partial charge in [0.2, 0.25) is 0 Å². The van der Waals surface area contributed by atoms with Gasteiger partial charge in [-0.05, 0) is 34.1 Å². The summed E-state index contributed by atoms with van der Waals surface area (Å²) in [6.45, 7) is 2.01. The van der Waals surface area contributed by atoms with Crippen LogP contribution in [0, 0.1) is 5.82 Å². The van der Waals surface area contributed by atoms with Crippen LogP contribution in [0.25, 0.3) is 11.3 Å². The van der Waals surface area contributed by atoms with Crippen molar-refractivity contribution in [1.82, 2.24) is 10.5 Å². The Kier molecular flexibility index (Phi) is 5.07. The van der Waals surface area contributed by atoms with Crippen molar-refractivity contribution >= 4 is 15.9 Å². The lowest BCUT2D eigenvalue weighted by molar-refractivity contribution is 0.199. The first kappa shape index (κ1) is 14.2. The SMILES string of the molecule is COCCNCc1cc(-c2ccc(F)c(Br)c2)on1. The van der Waals surface area contributed by atoms with Crippen LogP contribution in [0.3, 0.4) is 0 Å². The van der Waals surface area contributed by atoms with Gasteiger partial charge < -0.3 is 14.6 Å². The highest BCUT2D eigenvalue weighted by atomic mass is 79.9. The second-order valence-electron chi connectivity index (χ2n) is 3.98. The molecule has 0 radical (unpaired) electrons. The molecule has 0 fully saturated rings. The lowest BCUT2D eigenvalue weighted by atomic mass is 10.1. The third-order valence-corrected chi connectivity index (χ3v) is 3.16. The molecule has 0 atom stereocenters. The highest BCUT2D eigenvalue weighted by molar-refractivity contribution is 9.10. The maximum Gasteiger partial charge on any atom is 0.167 e. The van der Waals surface area contributed by atoms with E-state index >= 15 is 0 Å². The van der Waals surface area contributed by atoms with Gasteiger partial charge in [0.15, 0.2) is 5.76 Å². The molecule has 6 heteroatoms. The maximum absolute atomic E-state index is 13.1. The Bertz CT molecular complexity index is 545. The molecule has 4 nitrogen and oxygen atoms in total. The minimum atomic E-state index is -0.301. The van der Waals surface area contributed by atoms with E-state index in [1.807, 2.05) is 6.07 Å². The van der Waals surface area contributed by atoms with Crippen LogP contribution in [-0.4, -0.2) is 25.4 Å². The van der Waals surface area contributed by atoms with Gasteiger partial charge in [0.25, 0.3) is 0 Å². The van der Waals surface area contributed by atoms with Gasteiger partial charge in [-0.2, -0.15) is 0 Å². The fourth-order valence-electron chi connectivity index (χ4n) is 1.57. The van der Waals surface area contributed by atoms with E-state index in [4.69, 9.17) is 9.26 Å². The van der Waals surface area contributed by atoms with Gasteiger partial charge >= 0.3 is 0 Å². The number of rotatable bonds is 6. The first-order valence-electron chi connectivity index (χ1n) is 5.81. The van der Waals surface area contributed by atoms with Crippen LogP contribution in [0.5, 0.6) is 0 Å². The zero-order chi connectivity index (χ0) is 13.7. The molecule has 1 aromatic carbocycles. The normalized spacial score (nSPS) is 10.9. The second-order valence-corrected chi connectivity index (χ2v) is 4.84. The average Bonchev–Trinajstić information content (AvgIpc) is 2.87. The Balaban J connectivity index is 2.01. The molecule has 0 saturated carbocycles. The molecular formula is C13H14BrFN2O2. The topological polar surface area (TPSA) is 47.3 Å². The van der Waals surface area contributed by atoms with Gasteiger partial charge in [-0.3, -0.25) is 0 Å². The molecule has 0 aliphatic carbocycles. The summed E-state index contributed by atoms with van der Waals surface area (Å²) in [6.07, 6.45) is 0. The lowest BCUT2D eigenvalue weighted by Gasteiger charge is -1.99. The molecule has 102 valence electrons. The number of nitrogens with zero attached hydrogens (tertiary/aromatic N) is 1. The number of benzene rings is 1. The van der Waals surface area contributed by atoms with E-state index in [0.29, 0.717) is 23.4 Å². The molecule has 0 spiro atoms. The van der Waals surface area contributed by atoms with Gasteiger partial charge in [0, 0.05) is 31.8 Å². The molecule has 2 rings (SSSR count). The lowest BCUT2D eigenvalue weighted by Crippen LogP contribution is -2.18. The molecular weight excluding hydrogens is 315 g/mol. The van der Waals surface area contributed by atoms with Crippen LogP contribution < -0.4 is 5.32 Å². The predicted octanol–water partition coefficient (Wildman–Crippen LogP) is 2.98.